The zero-order valence-corrected chi connectivity index (χ0v) is 10.7. The number of nitrogens with one attached hydrogen (secondary N) is 1. The molecule has 2 unspecified atom stereocenters. The fraction of sp³-hybridized carbons (Fsp3) is 0.500. The average molecular weight is 251 g/mol. The number of Topliss-reactive ketones (excluding diaryl/α,β-unsaturated/α-hetero) is 1. The molecule has 3 nitrogen and oxygen atoms in total. The molecule has 1 aromatic rings. The highest BCUT2D eigenvalue weighted by atomic mass is 19.1. The first kappa shape index (κ1) is 13.0. The van der Waals surface area contributed by atoms with Gasteiger partial charge in [-0.1, -0.05) is 12.1 Å². The van der Waals surface area contributed by atoms with E-state index in [4.69, 9.17) is 4.74 Å². The van der Waals surface area contributed by atoms with Gasteiger partial charge in [0.05, 0.1) is 7.11 Å². The number of benzene rings is 1. The highest BCUT2D eigenvalue weighted by Crippen LogP contribution is 2.23. The van der Waals surface area contributed by atoms with E-state index in [2.05, 4.69) is 5.32 Å². The monoisotopic (exact) mass is 251 g/mol. The zero-order chi connectivity index (χ0) is 13.1. The van der Waals surface area contributed by atoms with Gasteiger partial charge in [-0.05, 0) is 31.5 Å². The first-order valence-corrected chi connectivity index (χ1v) is 6.21. The van der Waals surface area contributed by atoms with Crippen LogP contribution in [0, 0.1) is 11.7 Å². The van der Waals surface area contributed by atoms with Gasteiger partial charge in [0.25, 0.3) is 0 Å². The molecular formula is C14H18FNO2. The van der Waals surface area contributed by atoms with E-state index in [0.29, 0.717) is 5.56 Å². The molecule has 0 radical (unpaired) electrons. The molecule has 1 N–H and O–H groups in total. The molecule has 2 rings (SSSR count). The fourth-order valence-electron chi connectivity index (χ4n) is 2.47. The maximum atomic E-state index is 13.9. The summed E-state index contributed by atoms with van der Waals surface area (Å²) in [6.07, 6.45) is 0.977. The summed E-state index contributed by atoms with van der Waals surface area (Å²) in [6, 6.07) is 5.10. The van der Waals surface area contributed by atoms with Crippen molar-refractivity contribution in [2.24, 2.45) is 5.92 Å². The fourth-order valence-corrected chi connectivity index (χ4v) is 2.47. The minimum Gasteiger partial charge on any atom is -0.494 e. The maximum Gasteiger partial charge on any atom is 0.168 e. The van der Waals surface area contributed by atoms with Crippen LogP contribution in [0.5, 0.6) is 5.75 Å². The second-order valence-electron chi connectivity index (χ2n) is 4.71. The smallest absolute Gasteiger partial charge is 0.168 e. The van der Waals surface area contributed by atoms with E-state index >= 15 is 0 Å². The number of ether oxygens (including phenoxy) is 1. The standard InChI is InChI=1S/C14H18FNO2/c1-9-11(6-7-16-9)12(17)8-10-4-3-5-13(18-2)14(10)15/h3-5,9,11,16H,6-8H2,1-2H3. The number of hydrogen-bond donors (Lipinski definition) is 1. The Hall–Kier alpha value is -1.42. The van der Waals surface area contributed by atoms with Crippen molar-refractivity contribution in [1.82, 2.24) is 5.32 Å². The molecule has 0 amide bonds. The van der Waals surface area contributed by atoms with Gasteiger partial charge in [0.1, 0.15) is 5.78 Å². The van der Waals surface area contributed by atoms with E-state index in [9.17, 15) is 9.18 Å². The van der Waals surface area contributed by atoms with Crippen LogP contribution in [0.2, 0.25) is 0 Å². The van der Waals surface area contributed by atoms with Gasteiger partial charge in [-0.3, -0.25) is 4.79 Å². The Bertz CT molecular complexity index is 447. The van der Waals surface area contributed by atoms with Crippen molar-refractivity contribution in [2.75, 3.05) is 13.7 Å². The van der Waals surface area contributed by atoms with Crippen molar-refractivity contribution >= 4 is 5.78 Å². The maximum absolute atomic E-state index is 13.9. The molecule has 0 spiro atoms. The molecule has 1 fully saturated rings. The molecule has 98 valence electrons. The molecular weight excluding hydrogens is 233 g/mol. The van der Waals surface area contributed by atoms with E-state index in [1.165, 1.54) is 7.11 Å². The Balaban J connectivity index is 2.12. The molecule has 4 heteroatoms. The summed E-state index contributed by atoms with van der Waals surface area (Å²) < 4.78 is 18.8. The first-order chi connectivity index (χ1) is 8.63. The van der Waals surface area contributed by atoms with Gasteiger partial charge in [0.15, 0.2) is 11.6 Å². The summed E-state index contributed by atoms with van der Waals surface area (Å²) in [7, 11) is 1.42. The van der Waals surface area contributed by atoms with Gasteiger partial charge in [-0.2, -0.15) is 0 Å². The van der Waals surface area contributed by atoms with Crippen molar-refractivity contribution < 1.29 is 13.9 Å². The molecule has 2 atom stereocenters. The van der Waals surface area contributed by atoms with Gasteiger partial charge in [-0.25, -0.2) is 4.39 Å². The topological polar surface area (TPSA) is 38.3 Å². The quantitative estimate of drug-likeness (QED) is 0.888. The van der Waals surface area contributed by atoms with Crippen LogP contribution in [-0.4, -0.2) is 25.5 Å². The molecule has 1 aliphatic rings. The van der Waals surface area contributed by atoms with E-state index < -0.39 is 5.82 Å². The lowest BCUT2D eigenvalue weighted by atomic mass is 9.92. The number of carbonyl (C=O) groups excluding carboxylic acids is 1. The number of hydrogen-bond acceptors (Lipinski definition) is 3. The zero-order valence-electron chi connectivity index (χ0n) is 10.7. The van der Waals surface area contributed by atoms with Crippen molar-refractivity contribution in [3.63, 3.8) is 0 Å². The normalized spacial score (nSPS) is 23.1. The number of rotatable bonds is 4. The second-order valence-corrected chi connectivity index (χ2v) is 4.71. The van der Waals surface area contributed by atoms with Crippen LogP contribution >= 0.6 is 0 Å². The lowest BCUT2D eigenvalue weighted by Crippen LogP contribution is -2.29. The van der Waals surface area contributed by atoms with Crippen LogP contribution in [0.4, 0.5) is 4.39 Å². The summed E-state index contributed by atoms with van der Waals surface area (Å²) in [5.41, 5.74) is 0.415. The van der Waals surface area contributed by atoms with E-state index in [0.717, 1.165) is 13.0 Å². The van der Waals surface area contributed by atoms with Gasteiger partial charge >= 0.3 is 0 Å². The van der Waals surface area contributed by atoms with Gasteiger partial charge < -0.3 is 10.1 Å². The van der Waals surface area contributed by atoms with E-state index in [1.807, 2.05) is 6.92 Å². The predicted molar refractivity (Wildman–Crippen MR) is 67.2 cm³/mol. The van der Waals surface area contributed by atoms with Crippen LogP contribution < -0.4 is 10.1 Å². The predicted octanol–water partition coefficient (Wildman–Crippen LogP) is 1.94. The van der Waals surface area contributed by atoms with E-state index in [-0.39, 0.29) is 29.9 Å². The molecule has 0 aliphatic carbocycles. The second kappa shape index (κ2) is 5.48. The van der Waals surface area contributed by atoms with Crippen LogP contribution in [-0.2, 0) is 11.2 Å². The molecule has 1 saturated heterocycles. The number of halogens is 1. The Kier molecular flexibility index (Phi) is 3.97. The summed E-state index contributed by atoms with van der Waals surface area (Å²) >= 11 is 0. The summed E-state index contributed by atoms with van der Waals surface area (Å²) in [6.45, 7) is 2.86. The molecule has 0 saturated carbocycles. The minimum atomic E-state index is -0.424. The summed E-state index contributed by atoms with van der Waals surface area (Å²) in [5, 5.41) is 3.23. The summed E-state index contributed by atoms with van der Waals surface area (Å²) in [4.78, 5) is 12.1. The van der Waals surface area contributed by atoms with Crippen LogP contribution in [0.1, 0.15) is 18.9 Å². The Morgan fingerprint density at radius 3 is 2.94 bits per heavy atom. The molecule has 1 heterocycles. The number of methoxy groups -OCH3 is 1. The van der Waals surface area contributed by atoms with E-state index in [1.54, 1.807) is 18.2 Å². The summed E-state index contributed by atoms with van der Waals surface area (Å²) in [5.74, 6) is -0.139. The Labute approximate surface area is 106 Å². The van der Waals surface area contributed by atoms with Crippen molar-refractivity contribution in [1.29, 1.82) is 0 Å². The minimum absolute atomic E-state index is 0.00407. The van der Waals surface area contributed by atoms with Crippen LogP contribution in [0.25, 0.3) is 0 Å². The lowest BCUT2D eigenvalue weighted by molar-refractivity contribution is -0.122. The van der Waals surface area contributed by atoms with Crippen molar-refractivity contribution in [3.05, 3.63) is 29.6 Å². The average Bonchev–Trinajstić information content (AvgIpc) is 2.78. The molecule has 1 aliphatic heterocycles. The Morgan fingerprint density at radius 2 is 2.33 bits per heavy atom. The first-order valence-electron chi connectivity index (χ1n) is 6.21. The van der Waals surface area contributed by atoms with Crippen molar-refractivity contribution in [2.45, 2.75) is 25.8 Å². The third kappa shape index (κ3) is 2.53. The number of carbonyl (C=O) groups is 1. The SMILES string of the molecule is COc1cccc(CC(=O)C2CCNC2C)c1F. The third-order valence-electron chi connectivity index (χ3n) is 3.57. The lowest BCUT2D eigenvalue weighted by Gasteiger charge is -2.14. The molecule has 0 bridgehead atoms. The largest absolute Gasteiger partial charge is 0.494 e. The molecule has 1 aromatic carbocycles. The molecule has 0 aromatic heterocycles. The van der Waals surface area contributed by atoms with Crippen LogP contribution in [0.15, 0.2) is 18.2 Å². The van der Waals surface area contributed by atoms with Gasteiger partial charge in [0, 0.05) is 18.4 Å². The highest BCUT2D eigenvalue weighted by molar-refractivity contribution is 5.84. The van der Waals surface area contributed by atoms with Crippen LogP contribution in [0.3, 0.4) is 0 Å². The highest BCUT2D eigenvalue weighted by Gasteiger charge is 2.29. The molecule has 18 heavy (non-hydrogen) atoms. The number of ketones is 1. The van der Waals surface area contributed by atoms with Gasteiger partial charge in [0.2, 0.25) is 0 Å². The van der Waals surface area contributed by atoms with Crippen molar-refractivity contribution in [3.8, 4) is 5.75 Å². The van der Waals surface area contributed by atoms with Gasteiger partial charge in [-0.15, -0.1) is 0 Å². The third-order valence-corrected chi connectivity index (χ3v) is 3.57. The Morgan fingerprint density at radius 1 is 1.56 bits per heavy atom.